The van der Waals surface area contributed by atoms with E-state index in [9.17, 15) is 8.42 Å². The van der Waals surface area contributed by atoms with Gasteiger partial charge in [0.05, 0.1) is 33.4 Å². The van der Waals surface area contributed by atoms with Gasteiger partial charge in [-0.25, -0.2) is 8.42 Å². The van der Waals surface area contributed by atoms with Crippen molar-refractivity contribution in [1.82, 2.24) is 0 Å². The van der Waals surface area contributed by atoms with Gasteiger partial charge in [0.15, 0.2) is 0 Å². The summed E-state index contributed by atoms with van der Waals surface area (Å²) < 4.78 is 32.1. The molecular formula is C13H12Cl2N2O3S. The standard InChI is InChI=1S/C13H12Cl2N2O3S/c1-20-12-7-8(5-6-10(12)16)21(18,19)17-11-4-2-3-9(14)13(11)15/h2-7,17H,16H2,1H3. The Kier molecular flexibility index (Phi) is 4.51. The van der Waals surface area contributed by atoms with Crippen LogP contribution in [0.3, 0.4) is 0 Å². The molecule has 2 rings (SSSR count). The van der Waals surface area contributed by atoms with Crippen LogP contribution in [0.4, 0.5) is 11.4 Å². The Morgan fingerprint density at radius 1 is 1.19 bits per heavy atom. The van der Waals surface area contributed by atoms with Gasteiger partial charge in [0.1, 0.15) is 5.75 Å². The van der Waals surface area contributed by atoms with Gasteiger partial charge in [-0.3, -0.25) is 4.72 Å². The highest BCUT2D eigenvalue weighted by Crippen LogP contribution is 2.32. The highest BCUT2D eigenvalue weighted by molar-refractivity contribution is 7.92. The van der Waals surface area contributed by atoms with Crippen molar-refractivity contribution in [2.24, 2.45) is 0 Å². The fourth-order valence-corrected chi connectivity index (χ4v) is 3.14. The average molecular weight is 347 g/mol. The van der Waals surface area contributed by atoms with E-state index in [4.69, 9.17) is 33.7 Å². The Hall–Kier alpha value is -1.63. The van der Waals surface area contributed by atoms with Crippen LogP contribution in [0.1, 0.15) is 0 Å². The van der Waals surface area contributed by atoms with E-state index < -0.39 is 10.0 Å². The van der Waals surface area contributed by atoms with Crippen LogP contribution >= 0.6 is 23.2 Å². The van der Waals surface area contributed by atoms with E-state index in [0.29, 0.717) is 5.69 Å². The van der Waals surface area contributed by atoms with E-state index in [-0.39, 0.29) is 26.4 Å². The SMILES string of the molecule is COc1cc(S(=O)(=O)Nc2cccc(Cl)c2Cl)ccc1N. The average Bonchev–Trinajstić information content (AvgIpc) is 2.44. The Bertz CT molecular complexity index is 779. The van der Waals surface area contributed by atoms with Crippen LogP contribution in [0.15, 0.2) is 41.3 Å². The van der Waals surface area contributed by atoms with E-state index in [0.717, 1.165) is 0 Å². The van der Waals surface area contributed by atoms with Crippen molar-refractivity contribution >= 4 is 44.6 Å². The monoisotopic (exact) mass is 346 g/mol. The summed E-state index contributed by atoms with van der Waals surface area (Å²) in [5.41, 5.74) is 6.20. The molecule has 3 N–H and O–H groups in total. The maximum absolute atomic E-state index is 12.3. The Balaban J connectivity index is 2.41. The highest BCUT2D eigenvalue weighted by Gasteiger charge is 2.18. The number of methoxy groups -OCH3 is 1. The molecule has 112 valence electrons. The van der Waals surface area contributed by atoms with Gasteiger partial charge in [0, 0.05) is 6.07 Å². The van der Waals surface area contributed by atoms with Crippen LogP contribution in [0.5, 0.6) is 5.75 Å². The maximum Gasteiger partial charge on any atom is 0.262 e. The molecule has 0 heterocycles. The van der Waals surface area contributed by atoms with Gasteiger partial charge in [-0.05, 0) is 24.3 Å². The fraction of sp³-hybridized carbons (Fsp3) is 0.0769. The zero-order valence-corrected chi connectivity index (χ0v) is 13.3. The van der Waals surface area contributed by atoms with Crippen LogP contribution < -0.4 is 15.2 Å². The number of nitrogens with two attached hydrogens (primary N) is 1. The molecule has 2 aromatic rings. The second-order valence-corrected chi connectivity index (χ2v) is 6.58. The zero-order valence-electron chi connectivity index (χ0n) is 10.9. The van der Waals surface area contributed by atoms with Crippen LogP contribution in [-0.2, 0) is 10.0 Å². The molecule has 0 radical (unpaired) electrons. The van der Waals surface area contributed by atoms with Crippen molar-refractivity contribution in [3.05, 3.63) is 46.4 Å². The summed E-state index contributed by atoms with van der Waals surface area (Å²) in [6.45, 7) is 0. The molecule has 0 saturated carbocycles. The summed E-state index contributed by atoms with van der Waals surface area (Å²) in [5.74, 6) is 0.273. The second kappa shape index (κ2) is 6.01. The van der Waals surface area contributed by atoms with Crippen LogP contribution in [-0.4, -0.2) is 15.5 Å². The molecule has 21 heavy (non-hydrogen) atoms. The summed E-state index contributed by atoms with van der Waals surface area (Å²) in [5, 5.41) is 0.386. The summed E-state index contributed by atoms with van der Waals surface area (Å²) in [6, 6.07) is 8.82. The van der Waals surface area contributed by atoms with Gasteiger partial charge < -0.3 is 10.5 Å². The van der Waals surface area contributed by atoms with Gasteiger partial charge >= 0.3 is 0 Å². The number of sulfonamides is 1. The van der Waals surface area contributed by atoms with Gasteiger partial charge in [0.2, 0.25) is 0 Å². The molecule has 0 spiro atoms. The minimum Gasteiger partial charge on any atom is -0.495 e. The Labute approximate surface area is 132 Å². The molecule has 8 heteroatoms. The van der Waals surface area contributed by atoms with Crippen molar-refractivity contribution in [2.75, 3.05) is 17.6 Å². The zero-order chi connectivity index (χ0) is 15.6. The number of hydrogen-bond acceptors (Lipinski definition) is 4. The first-order valence-corrected chi connectivity index (χ1v) is 7.99. The molecule has 0 aliphatic heterocycles. The van der Waals surface area contributed by atoms with E-state index in [1.807, 2.05) is 0 Å². The predicted octanol–water partition coefficient (Wildman–Crippen LogP) is 3.39. The molecule has 0 amide bonds. The number of nitrogen functional groups attached to an aromatic ring is 1. The topological polar surface area (TPSA) is 81.4 Å². The van der Waals surface area contributed by atoms with Gasteiger partial charge in [-0.1, -0.05) is 29.3 Å². The summed E-state index contributed by atoms with van der Waals surface area (Å²) >= 11 is 11.8. The normalized spacial score (nSPS) is 11.2. The van der Waals surface area contributed by atoms with E-state index in [1.54, 1.807) is 12.1 Å². The smallest absolute Gasteiger partial charge is 0.262 e. The van der Waals surface area contributed by atoms with Crippen molar-refractivity contribution in [3.63, 3.8) is 0 Å². The number of halogens is 2. The van der Waals surface area contributed by atoms with Crippen LogP contribution in [0.25, 0.3) is 0 Å². The molecule has 2 aromatic carbocycles. The second-order valence-electron chi connectivity index (χ2n) is 4.11. The largest absolute Gasteiger partial charge is 0.495 e. The first kappa shape index (κ1) is 15.8. The van der Waals surface area contributed by atoms with Crippen LogP contribution in [0, 0.1) is 0 Å². The lowest BCUT2D eigenvalue weighted by Crippen LogP contribution is -2.13. The lowest BCUT2D eigenvalue weighted by molar-refractivity contribution is 0.415. The van der Waals surface area contributed by atoms with Gasteiger partial charge in [0.25, 0.3) is 10.0 Å². The summed E-state index contributed by atoms with van der Waals surface area (Å²) in [6.07, 6.45) is 0. The van der Waals surface area contributed by atoms with E-state index >= 15 is 0 Å². The molecule has 0 unspecified atom stereocenters. The molecule has 0 aliphatic carbocycles. The Morgan fingerprint density at radius 2 is 1.90 bits per heavy atom. The predicted molar refractivity (Wildman–Crippen MR) is 84.7 cm³/mol. The third-order valence-electron chi connectivity index (χ3n) is 2.71. The van der Waals surface area contributed by atoms with Crippen molar-refractivity contribution in [2.45, 2.75) is 4.90 Å². The molecule has 5 nitrogen and oxygen atoms in total. The summed E-state index contributed by atoms with van der Waals surface area (Å²) in [7, 11) is -2.42. The molecule has 0 aliphatic rings. The quantitative estimate of drug-likeness (QED) is 0.831. The van der Waals surface area contributed by atoms with Crippen molar-refractivity contribution in [3.8, 4) is 5.75 Å². The third-order valence-corrected chi connectivity index (χ3v) is 4.89. The van der Waals surface area contributed by atoms with E-state index in [1.165, 1.54) is 31.4 Å². The number of ether oxygens (including phenoxy) is 1. The maximum atomic E-state index is 12.3. The number of benzene rings is 2. The van der Waals surface area contributed by atoms with Gasteiger partial charge in [-0.2, -0.15) is 0 Å². The molecule has 0 fully saturated rings. The molecule has 0 saturated heterocycles. The molecule has 0 bridgehead atoms. The third kappa shape index (κ3) is 3.34. The Morgan fingerprint density at radius 3 is 2.57 bits per heavy atom. The fourth-order valence-electron chi connectivity index (χ4n) is 1.64. The number of hydrogen-bond donors (Lipinski definition) is 2. The number of rotatable bonds is 4. The van der Waals surface area contributed by atoms with Gasteiger partial charge in [-0.15, -0.1) is 0 Å². The number of anilines is 2. The molecular weight excluding hydrogens is 335 g/mol. The first-order valence-electron chi connectivity index (χ1n) is 5.75. The van der Waals surface area contributed by atoms with Crippen molar-refractivity contribution < 1.29 is 13.2 Å². The molecule has 0 aromatic heterocycles. The minimum absolute atomic E-state index is 0.00425. The summed E-state index contributed by atoms with van der Waals surface area (Å²) in [4.78, 5) is 0.00425. The molecule has 0 atom stereocenters. The lowest BCUT2D eigenvalue weighted by atomic mass is 10.3. The van der Waals surface area contributed by atoms with Crippen molar-refractivity contribution in [1.29, 1.82) is 0 Å². The highest BCUT2D eigenvalue weighted by atomic mass is 35.5. The minimum atomic E-state index is -3.83. The lowest BCUT2D eigenvalue weighted by Gasteiger charge is -2.12. The number of nitrogens with one attached hydrogen (secondary N) is 1. The van der Waals surface area contributed by atoms with Crippen LogP contribution in [0.2, 0.25) is 10.0 Å². The first-order chi connectivity index (χ1) is 9.85. The van der Waals surface area contributed by atoms with E-state index in [2.05, 4.69) is 4.72 Å².